The quantitative estimate of drug-likeness (QED) is 0.412. The first kappa shape index (κ1) is 30.7. The first-order valence-electron chi connectivity index (χ1n) is 11.5. The molecule has 39 heavy (non-hydrogen) atoms. The zero-order valence-corrected chi connectivity index (χ0v) is 21.8. The second-order valence-corrected chi connectivity index (χ2v) is 11.5. The van der Waals surface area contributed by atoms with E-state index in [-0.39, 0.29) is 74.2 Å². The molecule has 2 aliphatic rings. The van der Waals surface area contributed by atoms with Crippen molar-refractivity contribution in [3.63, 3.8) is 0 Å². The van der Waals surface area contributed by atoms with E-state index in [0.29, 0.717) is 12.1 Å². The number of hydrogen-bond donors (Lipinski definition) is 1. The van der Waals surface area contributed by atoms with Gasteiger partial charge in [0.15, 0.2) is 27.2 Å². The molecule has 9 nitrogen and oxygen atoms in total. The Hall–Kier alpha value is -2.85. The number of nitrogens with zero attached hydrogens (tertiary/aromatic N) is 4. The summed E-state index contributed by atoms with van der Waals surface area (Å²) in [6.07, 6.45) is -5.58. The van der Waals surface area contributed by atoms with E-state index in [9.17, 15) is 44.3 Å². The van der Waals surface area contributed by atoms with Gasteiger partial charge >= 0.3 is 6.18 Å². The van der Waals surface area contributed by atoms with Crippen LogP contribution in [-0.4, -0.2) is 76.8 Å². The van der Waals surface area contributed by atoms with Gasteiger partial charge in [0.25, 0.3) is 5.91 Å². The van der Waals surface area contributed by atoms with Crippen LogP contribution in [-0.2, 0) is 40.3 Å². The van der Waals surface area contributed by atoms with Crippen molar-refractivity contribution >= 4 is 34.1 Å². The first-order chi connectivity index (χ1) is 17.7. The van der Waals surface area contributed by atoms with Gasteiger partial charge in [0, 0.05) is 44.7 Å². The van der Waals surface area contributed by atoms with Crippen LogP contribution in [0, 0.1) is 17.5 Å². The standard InChI is InChI=1S/C22H23F6N5O4S.ClH/c23-14-10-16(25)15(24)8-12(14)7-13(29)9-18(34)32-1-2-33-17(11-32)19(30-21(33)22(26,27)28)20(35)31-3-5-38(36,37)6-4-31;/h8,10,13H,1-7,9,11,29H2;1H. The Morgan fingerprint density at radius 3 is 2.21 bits per heavy atom. The van der Waals surface area contributed by atoms with E-state index in [2.05, 4.69) is 4.98 Å². The van der Waals surface area contributed by atoms with Crippen LogP contribution in [0.15, 0.2) is 12.1 Å². The first-order valence-corrected chi connectivity index (χ1v) is 13.3. The number of fused-ring (bicyclic) bond motifs is 1. The molecule has 0 spiro atoms. The lowest BCUT2D eigenvalue weighted by molar-refractivity contribution is -0.148. The zero-order chi connectivity index (χ0) is 28.0. The topological polar surface area (TPSA) is 119 Å². The molecule has 2 aliphatic heterocycles. The highest BCUT2D eigenvalue weighted by Crippen LogP contribution is 2.33. The van der Waals surface area contributed by atoms with Gasteiger partial charge in [-0.25, -0.2) is 26.6 Å². The number of sulfone groups is 1. The third kappa shape index (κ3) is 6.66. The number of alkyl halides is 3. The molecule has 0 aliphatic carbocycles. The number of carbonyl (C=O) groups excluding carboxylic acids is 2. The molecule has 2 aromatic rings. The van der Waals surface area contributed by atoms with Gasteiger partial charge in [-0.1, -0.05) is 0 Å². The lowest BCUT2D eigenvalue weighted by Gasteiger charge is -2.31. The lowest BCUT2D eigenvalue weighted by atomic mass is 10.0. The zero-order valence-electron chi connectivity index (χ0n) is 20.2. The van der Waals surface area contributed by atoms with Crippen LogP contribution in [0.25, 0.3) is 0 Å². The van der Waals surface area contributed by atoms with Crippen LogP contribution < -0.4 is 5.73 Å². The average Bonchev–Trinajstić information content (AvgIpc) is 3.21. The Kier molecular flexibility index (Phi) is 8.92. The molecule has 1 saturated heterocycles. The number of amides is 2. The summed E-state index contributed by atoms with van der Waals surface area (Å²) in [5.74, 6) is -7.16. The Morgan fingerprint density at radius 2 is 1.59 bits per heavy atom. The summed E-state index contributed by atoms with van der Waals surface area (Å²) in [7, 11) is -3.36. The highest BCUT2D eigenvalue weighted by molar-refractivity contribution is 7.91. The maximum absolute atomic E-state index is 13.9. The molecule has 2 amide bonds. The number of carbonyl (C=O) groups is 2. The van der Waals surface area contributed by atoms with Gasteiger partial charge in [-0.05, 0) is 18.1 Å². The smallest absolute Gasteiger partial charge is 0.335 e. The SMILES string of the molecule is Cl.NC(CC(=O)N1CCn2c(C(F)(F)F)nc(C(=O)N3CCS(=O)(=O)CC3)c2C1)Cc1cc(F)c(F)cc1F. The van der Waals surface area contributed by atoms with Gasteiger partial charge < -0.3 is 20.1 Å². The number of benzene rings is 1. The Balaban J connectivity index is 0.00000420. The molecule has 1 aromatic carbocycles. The number of hydrogen-bond acceptors (Lipinski definition) is 6. The summed E-state index contributed by atoms with van der Waals surface area (Å²) in [5.41, 5.74) is 4.99. The third-order valence-corrected chi connectivity index (χ3v) is 8.06. The van der Waals surface area contributed by atoms with Crippen LogP contribution in [0.2, 0.25) is 0 Å². The van der Waals surface area contributed by atoms with Gasteiger partial charge in [-0.3, -0.25) is 9.59 Å². The van der Waals surface area contributed by atoms with Crippen LogP contribution in [0.4, 0.5) is 26.3 Å². The molecule has 0 saturated carbocycles. The molecule has 0 radical (unpaired) electrons. The molecule has 1 unspecified atom stereocenters. The number of aromatic nitrogens is 2. The fraction of sp³-hybridized carbons (Fsp3) is 0.500. The van der Waals surface area contributed by atoms with Gasteiger partial charge in [0.05, 0.1) is 23.7 Å². The molecule has 4 rings (SSSR count). The minimum atomic E-state index is -4.89. The maximum atomic E-state index is 13.9. The molecule has 2 N–H and O–H groups in total. The van der Waals surface area contributed by atoms with E-state index >= 15 is 0 Å². The minimum absolute atomic E-state index is 0. The fourth-order valence-electron chi connectivity index (χ4n) is 4.46. The van der Waals surface area contributed by atoms with Gasteiger partial charge in [0.1, 0.15) is 5.82 Å². The summed E-state index contributed by atoms with van der Waals surface area (Å²) in [6, 6.07) is -0.0213. The predicted molar refractivity (Wildman–Crippen MR) is 127 cm³/mol. The minimum Gasteiger partial charge on any atom is -0.335 e. The number of imidazole rings is 1. The van der Waals surface area contributed by atoms with Crippen molar-refractivity contribution in [1.82, 2.24) is 19.4 Å². The van der Waals surface area contributed by atoms with E-state index in [4.69, 9.17) is 5.73 Å². The molecular weight excluding hydrogens is 580 g/mol. The van der Waals surface area contributed by atoms with E-state index < -0.39 is 69.4 Å². The lowest BCUT2D eigenvalue weighted by Crippen LogP contribution is -2.45. The van der Waals surface area contributed by atoms with E-state index in [0.717, 1.165) is 9.47 Å². The van der Waals surface area contributed by atoms with Gasteiger partial charge in [-0.2, -0.15) is 13.2 Å². The molecule has 3 heterocycles. The largest absolute Gasteiger partial charge is 0.449 e. The van der Waals surface area contributed by atoms with Gasteiger partial charge in [0.2, 0.25) is 11.7 Å². The Labute approximate surface area is 225 Å². The van der Waals surface area contributed by atoms with Crippen molar-refractivity contribution in [1.29, 1.82) is 0 Å². The summed E-state index contributed by atoms with van der Waals surface area (Å²) < 4.78 is 106. The van der Waals surface area contributed by atoms with Crippen molar-refractivity contribution < 1.29 is 44.3 Å². The summed E-state index contributed by atoms with van der Waals surface area (Å²) in [5, 5.41) is 0. The molecule has 216 valence electrons. The molecule has 1 fully saturated rings. The van der Waals surface area contributed by atoms with Crippen molar-refractivity contribution in [2.45, 2.75) is 38.1 Å². The average molecular weight is 604 g/mol. The van der Waals surface area contributed by atoms with E-state index in [1.807, 2.05) is 0 Å². The summed E-state index contributed by atoms with van der Waals surface area (Å²) >= 11 is 0. The number of halogens is 7. The normalized spacial score (nSPS) is 17.8. The second kappa shape index (κ2) is 11.3. The van der Waals surface area contributed by atoms with Crippen molar-refractivity contribution in [2.24, 2.45) is 5.73 Å². The van der Waals surface area contributed by atoms with Crippen LogP contribution in [0.5, 0.6) is 0 Å². The molecule has 1 aromatic heterocycles. The number of rotatable bonds is 5. The third-order valence-electron chi connectivity index (χ3n) is 6.46. The van der Waals surface area contributed by atoms with E-state index in [1.54, 1.807) is 0 Å². The van der Waals surface area contributed by atoms with Crippen LogP contribution in [0.3, 0.4) is 0 Å². The molecule has 17 heteroatoms. The monoisotopic (exact) mass is 603 g/mol. The van der Waals surface area contributed by atoms with Crippen LogP contribution >= 0.6 is 12.4 Å². The summed E-state index contributed by atoms with van der Waals surface area (Å²) in [4.78, 5) is 31.7. The van der Waals surface area contributed by atoms with Crippen molar-refractivity contribution in [2.75, 3.05) is 31.1 Å². The molecule has 1 atom stereocenters. The highest BCUT2D eigenvalue weighted by atomic mass is 35.5. The van der Waals surface area contributed by atoms with Crippen molar-refractivity contribution in [3.05, 3.63) is 52.4 Å². The Morgan fingerprint density at radius 1 is 0.974 bits per heavy atom. The number of nitrogens with two attached hydrogens (primary N) is 1. The Bertz CT molecular complexity index is 1370. The van der Waals surface area contributed by atoms with Crippen LogP contribution in [0.1, 0.15) is 34.0 Å². The van der Waals surface area contributed by atoms with Gasteiger partial charge in [-0.15, -0.1) is 12.4 Å². The summed E-state index contributed by atoms with van der Waals surface area (Å²) in [6.45, 7) is -1.29. The predicted octanol–water partition coefficient (Wildman–Crippen LogP) is 1.91. The van der Waals surface area contributed by atoms with Crippen molar-refractivity contribution in [3.8, 4) is 0 Å². The fourth-order valence-corrected chi connectivity index (χ4v) is 5.66. The maximum Gasteiger partial charge on any atom is 0.449 e. The van der Waals surface area contributed by atoms with E-state index in [1.165, 1.54) is 4.90 Å². The highest BCUT2D eigenvalue weighted by Gasteiger charge is 2.42. The second-order valence-electron chi connectivity index (χ2n) is 9.17. The molecular formula is C22H24ClF6N5O4S. The molecule has 0 bridgehead atoms.